The fourth-order valence-corrected chi connectivity index (χ4v) is 1.76. The molecule has 1 atom stereocenters. The molecule has 1 saturated heterocycles. The van der Waals surface area contributed by atoms with Crippen LogP contribution < -0.4 is 10.6 Å². The van der Waals surface area contributed by atoms with Gasteiger partial charge in [-0.15, -0.1) is 0 Å². The molecule has 0 amide bonds. The van der Waals surface area contributed by atoms with E-state index in [9.17, 15) is 0 Å². The normalized spacial score (nSPS) is 21.4. The Labute approximate surface area is 96.4 Å². The van der Waals surface area contributed by atoms with E-state index in [1.807, 2.05) is 13.8 Å². The van der Waals surface area contributed by atoms with E-state index in [-0.39, 0.29) is 18.2 Å². The van der Waals surface area contributed by atoms with Crippen LogP contribution in [0, 0.1) is 0 Å². The van der Waals surface area contributed by atoms with Crippen LogP contribution in [-0.4, -0.2) is 41.6 Å². The highest BCUT2D eigenvalue weighted by molar-refractivity contribution is 7.80. The average molecular weight is 232 g/mol. The second kappa shape index (κ2) is 5.63. The van der Waals surface area contributed by atoms with Gasteiger partial charge in [0.15, 0.2) is 5.11 Å². The van der Waals surface area contributed by atoms with E-state index in [2.05, 4.69) is 10.6 Å². The minimum atomic E-state index is -0.374. The van der Waals surface area contributed by atoms with Crippen molar-refractivity contribution < 1.29 is 9.84 Å². The van der Waals surface area contributed by atoms with Gasteiger partial charge in [0.25, 0.3) is 0 Å². The van der Waals surface area contributed by atoms with E-state index in [4.69, 9.17) is 22.1 Å². The van der Waals surface area contributed by atoms with Gasteiger partial charge < -0.3 is 20.5 Å². The summed E-state index contributed by atoms with van der Waals surface area (Å²) in [5, 5.41) is 15.8. The zero-order chi connectivity index (χ0) is 11.3. The first-order chi connectivity index (χ1) is 7.03. The predicted molar refractivity (Wildman–Crippen MR) is 63.9 cm³/mol. The molecule has 1 heterocycles. The number of aliphatic hydroxyl groups excluding tert-OH is 1. The molecule has 3 N–H and O–H groups in total. The number of rotatable bonds is 4. The maximum absolute atomic E-state index is 9.05. The van der Waals surface area contributed by atoms with Gasteiger partial charge in [-0.05, 0) is 38.9 Å². The lowest BCUT2D eigenvalue weighted by molar-refractivity contribution is 0.113. The molecule has 15 heavy (non-hydrogen) atoms. The maximum Gasteiger partial charge on any atom is 0.166 e. The van der Waals surface area contributed by atoms with Gasteiger partial charge >= 0.3 is 0 Å². The van der Waals surface area contributed by atoms with Crippen molar-refractivity contribution in [2.24, 2.45) is 0 Å². The minimum Gasteiger partial charge on any atom is -0.394 e. The molecule has 0 unspecified atom stereocenters. The highest BCUT2D eigenvalue weighted by atomic mass is 32.1. The van der Waals surface area contributed by atoms with Gasteiger partial charge in [0.05, 0.1) is 18.2 Å². The van der Waals surface area contributed by atoms with E-state index < -0.39 is 0 Å². The largest absolute Gasteiger partial charge is 0.394 e. The van der Waals surface area contributed by atoms with Crippen molar-refractivity contribution in [3.8, 4) is 0 Å². The molecule has 1 aliphatic rings. The summed E-state index contributed by atoms with van der Waals surface area (Å²) in [6, 6.07) is 0. The zero-order valence-electron chi connectivity index (χ0n) is 9.38. The van der Waals surface area contributed by atoms with Crippen LogP contribution in [0.2, 0.25) is 0 Å². The molecular weight excluding hydrogens is 212 g/mol. The number of hydrogen-bond acceptors (Lipinski definition) is 3. The number of thiocarbonyl (C=S) groups is 1. The summed E-state index contributed by atoms with van der Waals surface area (Å²) in [6.45, 7) is 5.44. The lowest BCUT2D eigenvalue weighted by atomic mass is 10.1. The van der Waals surface area contributed by atoms with Crippen LogP contribution in [0.15, 0.2) is 0 Å². The minimum absolute atomic E-state index is 0.0503. The van der Waals surface area contributed by atoms with Crippen LogP contribution in [0.25, 0.3) is 0 Å². The standard InChI is InChI=1S/C10H20N2O2S/c1-10(2,7-13)12-9(15)11-6-8-4-3-5-14-8/h8,13H,3-7H2,1-2H3,(H2,11,12,15)/t8-/m1/s1. The summed E-state index contributed by atoms with van der Waals surface area (Å²) in [4.78, 5) is 0. The Bertz CT molecular complexity index is 215. The molecule has 0 bridgehead atoms. The molecule has 88 valence electrons. The molecule has 0 aliphatic carbocycles. The summed E-state index contributed by atoms with van der Waals surface area (Å²) in [6.07, 6.45) is 2.51. The number of nitrogens with one attached hydrogen (secondary N) is 2. The molecule has 0 aromatic rings. The third kappa shape index (κ3) is 4.77. The Hall–Kier alpha value is -0.390. The molecule has 5 heteroatoms. The van der Waals surface area contributed by atoms with Crippen molar-refractivity contribution in [1.82, 2.24) is 10.6 Å². The Morgan fingerprint density at radius 3 is 2.87 bits per heavy atom. The van der Waals surface area contributed by atoms with Gasteiger partial charge in [-0.2, -0.15) is 0 Å². The number of aliphatic hydroxyl groups is 1. The van der Waals surface area contributed by atoms with E-state index in [0.29, 0.717) is 5.11 Å². The topological polar surface area (TPSA) is 53.5 Å². The molecule has 0 aromatic carbocycles. The Morgan fingerprint density at radius 2 is 2.33 bits per heavy atom. The van der Waals surface area contributed by atoms with Gasteiger partial charge in [0.2, 0.25) is 0 Å². The first-order valence-corrected chi connectivity index (χ1v) is 5.73. The summed E-state index contributed by atoms with van der Waals surface area (Å²) in [5.41, 5.74) is -0.374. The summed E-state index contributed by atoms with van der Waals surface area (Å²) < 4.78 is 5.46. The van der Waals surface area contributed by atoms with Crippen molar-refractivity contribution in [1.29, 1.82) is 0 Å². The van der Waals surface area contributed by atoms with Gasteiger partial charge in [-0.1, -0.05) is 0 Å². The second-order valence-corrected chi connectivity index (χ2v) is 4.92. The van der Waals surface area contributed by atoms with Crippen LogP contribution in [0.4, 0.5) is 0 Å². The molecule has 0 spiro atoms. The van der Waals surface area contributed by atoms with Crippen molar-refractivity contribution in [3.05, 3.63) is 0 Å². The van der Waals surface area contributed by atoms with Crippen molar-refractivity contribution >= 4 is 17.3 Å². The number of ether oxygens (including phenoxy) is 1. The summed E-state index contributed by atoms with van der Waals surface area (Å²) >= 11 is 5.11. The zero-order valence-corrected chi connectivity index (χ0v) is 10.2. The fourth-order valence-electron chi connectivity index (χ4n) is 1.40. The van der Waals surface area contributed by atoms with E-state index in [1.165, 1.54) is 0 Å². The van der Waals surface area contributed by atoms with Crippen molar-refractivity contribution in [2.45, 2.75) is 38.3 Å². The highest BCUT2D eigenvalue weighted by Crippen LogP contribution is 2.10. The molecule has 0 saturated carbocycles. The van der Waals surface area contributed by atoms with Gasteiger partial charge in [-0.3, -0.25) is 0 Å². The van der Waals surface area contributed by atoms with E-state index in [0.717, 1.165) is 26.0 Å². The first kappa shape index (κ1) is 12.7. The quantitative estimate of drug-likeness (QED) is 0.613. The first-order valence-electron chi connectivity index (χ1n) is 5.32. The van der Waals surface area contributed by atoms with E-state index >= 15 is 0 Å². The molecule has 4 nitrogen and oxygen atoms in total. The molecule has 1 aliphatic heterocycles. The lowest BCUT2D eigenvalue weighted by Gasteiger charge is -2.26. The van der Waals surface area contributed by atoms with Crippen LogP contribution in [0.3, 0.4) is 0 Å². The molecular formula is C10H20N2O2S. The van der Waals surface area contributed by atoms with Crippen molar-refractivity contribution in [2.75, 3.05) is 19.8 Å². The van der Waals surface area contributed by atoms with E-state index in [1.54, 1.807) is 0 Å². The van der Waals surface area contributed by atoms with Crippen LogP contribution in [0.1, 0.15) is 26.7 Å². The molecule has 0 aromatic heterocycles. The van der Waals surface area contributed by atoms with Crippen LogP contribution >= 0.6 is 12.2 Å². The average Bonchev–Trinajstić information content (AvgIpc) is 2.66. The third-order valence-corrected chi connectivity index (χ3v) is 2.61. The smallest absolute Gasteiger partial charge is 0.166 e. The fraction of sp³-hybridized carbons (Fsp3) is 0.900. The highest BCUT2D eigenvalue weighted by Gasteiger charge is 2.19. The molecule has 0 radical (unpaired) electrons. The van der Waals surface area contributed by atoms with Gasteiger partial charge in [0.1, 0.15) is 0 Å². The van der Waals surface area contributed by atoms with Crippen molar-refractivity contribution in [3.63, 3.8) is 0 Å². The second-order valence-electron chi connectivity index (χ2n) is 4.51. The SMILES string of the molecule is CC(C)(CO)NC(=S)NC[C@H]1CCCO1. The van der Waals surface area contributed by atoms with Gasteiger partial charge in [0, 0.05) is 13.2 Å². The number of hydrogen-bond donors (Lipinski definition) is 3. The van der Waals surface area contributed by atoms with Gasteiger partial charge in [-0.25, -0.2) is 0 Å². The monoisotopic (exact) mass is 232 g/mol. The Balaban J connectivity index is 2.18. The Morgan fingerprint density at radius 1 is 1.60 bits per heavy atom. The molecule has 1 fully saturated rings. The molecule has 1 rings (SSSR count). The lowest BCUT2D eigenvalue weighted by Crippen LogP contribution is -2.51. The van der Waals surface area contributed by atoms with Crippen LogP contribution in [-0.2, 0) is 4.74 Å². The Kier molecular flexibility index (Phi) is 4.76. The maximum atomic E-state index is 9.05. The van der Waals surface area contributed by atoms with Crippen LogP contribution in [0.5, 0.6) is 0 Å². The summed E-state index contributed by atoms with van der Waals surface area (Å²) in [5.74, 6) is 0. The predicted octanol–water partition coefficient (Wildman–Crippen LogP) is 0.400. The third-order valence-electron chi connectivity index (χ3n) is 2.36. The summed E-state index contributed by atoms with van der Waals surface area (Å²) in [7, 11) is 0.